The van der Waals surface area contributed by atoms with Crippen LogP contribution in [0.25, 0.3) is 0 Å². The minimum atomic E-state index is -4.76. The highest BCUT2D eigenvalue weighted by Gasteiger charge is 2.47. The molecule has 0 aromatic heterocycles. The van der Waals surface area contributed by atoms with Crippen molar-refractivity contribution in [3.05, 3.63) is 53.3 Å². The zero-order chi connectivity index (χ0) is 26.5. The van der Waals surface area contributed by atoms with Crippen molar-refractivity contribution in [2.24, 2.45) is 0 Å². The Bertz CT molecular complexity index is 1210. The molecule has 0 saturated carbocycles. The largest absolute Gasteiger partial charge is 0.483 e. The third-order valence-electron chi connectivity index (χ3n) is 6.22. The van der Waals surface area contributed by atoms with Crippen molar-refractivity contribution in [3.63, 3.8) is 0 Å². The Morgan fingerprint density at radius 1 is 1.06 bits per heavy atom. The first-order chi connectivity index (χ1) is 16.7. The lowest BCUT2D eigenvalue weighted by Crippen LogP contribution is -2.44. The number of amides is 1. The first kappa shape index (κ1) is 25.7. The maximum absolute atomic E-state index is 15.0. The topological polar surface area (TPSA) is 75.0 Å². The van der Waals surface area contributed by atoms with Crippen molar-refractivity contribution >= 4 is 17.3 Å². The molecule has 0 spiro atoms. The molecule has 0 N–H and O–H groups in total. The zero-order valence-corrected chi connectivity index (χ0v) is 20.1. The van der Waals surface area contributed by atoms with Crippen molar-refractivity contribution in [2.45, 2.75) is 51.3 Å². The number of hydrogen-bond acceptors (Lipinski definition) is 6. The molecule has 2 fully saturated rings. The molecule has 2 aliphatic heterocycles. The van der Waals surface area contributed by atoms with Crippen LogP contribution in [0.3, 0.4) is 0 Å². The van der Waals surface area contributed by atoms with Crippen LogP contribution in [0.4, 0.5) is 28.9 Å². The van der Waals surface area contributed by atoms with Crippen molar-refractivity contribution in [1.82, 2.24) is 0 Å². The van der Waals surface area contributed by atoms with Crippen molar-refractivity contribution in [3.8, 4) is 11.8 Å². The minimum Gasteiger partial charge on any atom is -0.483 e. The fourth-order valence-corrected chi connectivity index (χ4v) is 4.14. The van der Waals surface area contributed by atoms with Gasteiger partial charge in [0, 0.05) is 17.4 Å². The Kier molecular flexibility index (Phi) is 6.39. The predicted molar refractivity (Wildman–Crippen MR) is 122 cm³/mol. The Labute approximate surface area is 205 Å². The first-order valence-corrected chi connectivity index (χ1v) is 11.2. The summed E-state index contributed by atoms with van der Waals surface area (Å²) in [6, 6.07) is 8.84. The van der Waals surface area contributed by atoms with E-state index in [2.05, 4.69) is 0 Å². The molecule has 2 aliphatic rings. The number of nitriles is 1. The molecule has 2 aromatic rings. The summed E-state index contributed by atoms with van der Waals surface area (Å²) in [7, 11) is 0. The molecular weight excluding hydrogens is 482 g/mol. The standard InChI is InChI=1S/C25H25F4N3O4/c1-23(2)22(33)31(16-6-5-15(11-30)19(9-16)25(27,28)29)14-32(23)17-7-8-21(20(26)10-17)36-18-12-34-24(3,4)35-13-18/h5-10,18H,12-14H2,1-4H3. The van der Waals surface area contributed by atoms with Crippen LogP contribution in [-0.4, -0.2) is 43.2 Å². The molecule has 7 nitrogen and oxygen atoms in total. The number of rotatable bonds is 4. The van der Waals surface area contributed by atoms with Gasteiger partial charge in [0.15, 0.2) is 17.4 Å². The van der Waals surface area contributed by atoms with E-state index in [4.69, 9.17) is 19.5 Å². The van der Waals surface area contributed by atoms with E-state index in [9.17, 15) is 22.4 Å². The van der Waals surface area contributed by atoms with E-state index in [1.165, 1.54) is 29.2 Å². The van der Waals surface area contributed by atoms with Crippen LogP contribution in [0.15, 0.2) is 36.4 Å². The Balaban J connectivity index is 1.57. The monoisotopic (exact) mass is 507 g/mol. The number of nitrogens with zero attached hydrogens (tertiary/aromatic N) is 3. The summed E-state index contributed by atoms with van der Waals surface area (Å²) >= 11 is 0. The summed E-state index contributed by atoms with van der Waals surface area (Å²) in [5, 5.41) is 9.04. The normalized spacial score (nSPS) is 19.9. The van der Waals surface area contributed by atoms with Gasteiger partial charge in [-0.15, -0.1) is 0 Å². The van der Waals surface area contributed by atoms with Gasteiger partial charge in [-0.3, -0.25) is 9.69 Å². The van der Waals surface area contributed by atoms with Crippen molar-refractivity contribution in [1.29, 1.82) is 5.26 Å². The average Bonchev–Trinajstić information content (AvgIpc) is 3.04. The second kappa shape index (κ2) is 8.94. The fourth-order valence-electron chi connectivity index (χ4n) is 4.14. The SMILES string of the molecule is CC1(C)OCC(Oc2ccc(N3CN(c4ccc(C#N)c(C(F)(F)F)c4)C(=O)C3(C)C)cc2F)CO1. The summed E-state index contributed by atoms with van der Waals surface area (Å²) in [5.41, 5.74) is -2.51. The van der Waals surface area contributed by atoms with E-state index in [1.807, 2.05) is 0 Å². The van der Waals surface area contributed by atoms with Crippen LogP contribution in [0.2, 0.25) is 0 Å². The molecule has 0 bridgehead atoms. The number of halogens is 4. The quantitative estimate of drug-likeness (QED) is 0.552. The number of alkyl halides is 3. The maximum atomic E-state index is 15.0. The summed E-state index contributed by atoms with van der Waals surface area (Å²) in [5.74, 6) is -1.90. The van der Waals surface area contributed by atoms with E-state index in [1.54, 1.807) is 38.7 Å². The average molecular weight is 507 g/mol. The Morgan fingerprint density at radius 3 is 2.28 bits per heavy atom. The number of benzene rings is 2. The number of ether oxygens (including phenoxy) is 3. The van der Waals surface area contributed by atoms with Gasteiger partial charge >= 0.3 is 6.18 Å². The molecule has 4 rings (SSSR count). The van der Waals surface area contributed by atoms with Gasteiger partial charge in [0.2, 0.25) is 0 Å². The van der Waals surface area contributed by atoms with Gasteiger partial charge in [-0.05, 0) is 58.0 Å². The van der Waals surface area contributed by atoms with Gasteiger partial charge in [0.25, 0.3) is 5.91 Å². The fraction of sp³-hybridized carbons (Fsp3) is 0.440. The van der Waals surface area contributed by atoms with E-state index < -0.39 is 46.5 Å². The van der Waals surface area contributed by atoms with E-state index in [0.717, 1.165) is 12.1 Å². The van der Waals surface area contributed by atoms with E-state index in [-0.39, 0.29) is 31.3 Å². The van der Waals surface area contributed by atoms with Crippen LogP contribution in [-0.2, 0) is 20.4 Å². The van der Waals surface area contributed by atoms with Crippen molar-refractivity contribution < 1.29 is 36.6 Å². The lowest BCUT2D eigenvalue weighted by Gasteiger charge is -2.35. The lowest BCUT2D eigenvalue weighted by molar-refractivity contribution is -0.269. The van der Waals surface area contributed by atoms with Crippen LogP contribution in [0.5, 0.6) is 5.75 Å². The van der Waals surface area contributed by atoms with Gasteiger partial charge in [0.05, 0.1) is 37.1 Å². The summed E-state index contributed by atoms with van der Waals surface area (Å²) in [6.45, 7) is 7.07. The van der Waals surface area contributed by atoms with Crippen LogP contribution < -0.4 is 14.5 Å². The molecule has 11 heteroatoms. The highest BCUT2D eigenvalue weighted by atomic mass is 19.4. The molecule has 0 aliphatic carbocycles. The van der Waals surface area contributed by atoms with Gasteiger partial charge in [-0.25, -0.2) is 4.39 Å². The molecular formula is C25H25F4N3O4. The third-order valence-corrected chi connectivity index (χ3v) is 6.22. The number of hydrogen-bond donors (Lipinski definition) is 0. The molecule has 0 unspecified atom stereocenters. The van der Waals surface area contributed by atoms with Gasteiger partial charge in [-0.1, -0.05) is 0 Å². The van der Waals surface area contributed by atoms with Crippen LogP contribution in [0, 0.1) is 17.1 Å². The lowest BCUT2D eigenvalue weighted by atomic mass is 10.0. The highest BCUT2D eigenvalue weighted by molar-refractivity contribution is 6.05. The molecule has 2 saturated heterocycles. The Morgan fingerprint density at radius 2 is 1.69 bits per heavy atom. The van der Waals surface area contributed by atoms with E-state index in [0.29, 0.717) is 5.69 Å². The molecule has 0 radical (unpaired) electrons. The highest BCUT2D eigenvalue weighted by Crippen LogP contribution is 2.39. The van der Waals surface area contributed by atoms with Gasteiger partial charge < -0.3 is 19.1 Å². The predicted octanol–water partition coefficient (Wildman–Crippen LogP) is 4.84. The molecule has 0 atom stereocenters. The molecule has 2 aromatic carbocycles. The summed E-state index contributed by atoms with van der Waals surface area (Å²) < 4.78 is 72.0. The zero-order valence-electron chi connectivity index (χ0n) is 20.1. The third kappa shape index (κ3) is 4.83. The summed E-state index contributed by atoms with van der Waals surface area (Å²) in [4.78, 5) is 15.9. The molecule has 36 heavy (non-hydrogen) atoms. The Hall–Kier alpha value is -3.36. The van der Waals surface area contributed by atoms with E-state index >= 15 is 0 Å². The number of carbonyl (C=O) groups excluding carboxylic acids is 1. The molecule has 2 heterocycles. The van der Waals surface area contributed by atoms with Gasteiger partial charge in [0.1, 0.15) is 11.6 Å². The van der Waals surface area contributed by atoms with Crippen molar-refractivity contribution in [2.75, 3.05) is 29.7 Å². The molecule has 1 amide bonds. The van der Waals surface area contributed by atoms with Crippen LogP contribution >= 0.6 is 0 Å². The van der Waals surface area contributed by atoms with Gasteiger partial charge in [-0.2, -0.15) is 18.4 Å². The van der Waals surface area contributed by atoms with Crippen LogP contribution in [0.1, 0.15) is 38.8 Å². The first-order valence-electron chi connectivity index (χ1n) is 11.2. The smallest absolute Gasteiger partial charge is 0.417 e. The maximum Gasteiger partial charge on any atom is 0.417 e. The number of carbonyl (C=O) groups is 1. The second-order valence-corrected chi connectivity index (χ2v) is 9.58. The summed E-state index contributed by atoms with van der Waals surface area (Å²) in [6.07, 6.45) is -5.26. The number of anilines is 2. The minimum absolute atomic E-state index is 0.0115. The second-order valence-electron chi connectivity index (χ2n) is 9.58. The molecule has 192 valence electrons.